The van der Waals surface area contributed by atoms with Crippen molar-refractivity contribution in [3.63, 3.8) is 0 Å². The van der Waals surface area contributed by atoms with Crippen LogP contribution in [0.15, 0.2) is 41.8 Å². The Hall–Kier alpha value is -3.32. The molecule has 100 valence electrons. The second kappa shape index (κ2) is 9.68. The standard InChI is InChI=1S/C11H9FN4.2CHN/c12-10-6-8(2-3-9(10)7-16-13)11-14-4-1-5-15-11;2*1-2/h1-7H,13H2;2*1H. The molecule has 2 N–H and O–H groups in total. The molecule has 0 aliphatic heterocycles. The number of nitriles is 2. The van der Waals surface area contributed by atoms with E-state index >= 15 is 0 Å². The molecule has 20 heavy (non-hydrogen) atoms. The third-order valence-corrected chi connectivity index (χ3v) is 2.04. The fraction of sp³-hybridized carbons (Fsp3) is 0. The molecular formula is C13H11FN6. The van der Waals surface area contributed by atoms with Crippen LogP contribution < -0.4 is 5.84 Å². The minimum absolute atomic E-state index is 0.335. The van der Waals surface area contributed by atoms with Crippen molar-refractivity contribution in [2.45, 2.75) is 0 Å². The fourth-order valence-electron chi connectivity index (χ4n) is 1.30. The molecule has 0 spiro atoms. The molecule has 2 aromatic rings. The summed E-state index contributed by atoms with van der Waals surface area (Å²) in [5.74, 6) is 5.04. The molecule has 1 heterocycles. The van der Waals surface area contributed by atoms with Gasteiger partial charge in [0.25, 0.3) is 0 Å². The Balaban J connectivity index is 0.000000829. The average Bonchev–Trinajstić information content (AvgIpc) is 2.54. The van der Waals surface area contributed by atoms with Crippen molar-refractivity contribution in [2.24, 2.45) is 10.9 Å². The van der Waals surface area contributed by atoms with E-state index in [4.69, 9.17) is 16.4 Å². The number of nitrogens with two attached hydrogens (primary N) is 1. The van der Waals surface area contributed by atoms with Crippen LogP contribution in [0.2, 0.25) is 0 Å². The third kappa shape index (κ3) is 4.51. The maximum Gasteiger partial charge on any atom is 0.159 e. The van der Waals surface area contributed by atoms with Gasteiger partial charge in [-0.15, -0.1) is 0 Å². The van der Waals surface area contributed by atoms with Crippen LogP contribution in [0.1, 0.15) is 5.56 Å². The Morgan fingerprint density at radius 1 is 1.15 bits per heavy atom. The minimum Gasteiger partial charge on any atom is -0.323 e. The summed E-state index contributed by atoms with van der Waals surface area (Å²) in [6, 6.07) is 6.36. The van der Waals surface area contributed by atoms with Gasteiger partial charge in [-0.25, -0.2) is 24.9 Å². The van der Waals surface area contributed by atoms with E-state index in [1.54, 1.807) is 30.6 Å². The molecule has 7 heteroatoms. The van der Waals surface area contributed by atoms with E-state index in [-0.39, 0.29) is 0 Å². The summed E-state index contributed by atoms with van der Waals surface area (Å²) in [7, 11) is 0. The zero-order valence-corrected chi connectivity index (χ0v) is 10.4. The highest BCUT2D eigenvalue weighted by molar-refractivity contribution is 5.80. The number of nitrogens with zero attached hydrogens (tertiary/aromatic N) is 5. The van der Waals surface area contributed by atoms with Crippen molar-refractivity contribution in [3.05, 3.63) is 48.0 Å². The smallest absolute Gasteiger partial charge is 0.159 e. The van der Waals surface area contributed by atoms with Gasteiger partial charge >= 0.3 is 0 Å². The quantitative estimate of drug-likeness (QED) is 0.508. The molecule has 0 atom stereocenters. The Bertz CT molecular complexity index is 586. The predicted molar refractivity (Wildman–Crippen MR) is 72.5 cm³/mol. The zero-order chi connectivity index (χ0) is 15.4. The number of hydrazone groups is 1. The van der Waals surface area contributed by atoms with Crippen LogP contribution >= 0.6 is 0 Å². The maximum atomic E-state index is 13.5. The summed E-state index contributed by atoms with van der Waals surface area (Å²) in [6.07, 6.45) is 4.47. The van der Waals surface area contributed by atoms with Gasteiger partial charge in [-0.1, -0.05) is 6.07 Å². The zero-order valence-electron chi connectivity index (χ0n) is 10.4. The molecular weight excluding hydrogens is 259 g/mol. The van der Waals surface area contributed by atoms with E-state index in [0.717, 1.165) is 0 Å². The maximum absolute atomic E-state index is 13.5. The molecule has 0 unspecified atom stereocenters. The highest BCUT2D eigenvalue weighted by Gasteiger charge is 2.04. The van der Waals surface area contributed by atoms with E-state index in [2.05, 4.69) is 28.2 Å². The lowest BCUT2D eigenvalue weighted by molar-refractivity contribution is 0.626. The largest absolute Gasteiger partial charge is 0.323 e. The normalized spacial score (nSPS) is 8.85. The molecule has 0 aliphatic rings. The number of aromatic nitrogens is 2. The lowest BCUT2D eigenvalue weighted by Crippen LogP contribution is -1.93. The summed E-state index contributed by atoms with van der Waals surface area (Å²) in [5, 5.41) is 16.3. The molecule has 0 saturated carbocycles. The monoisotopic (exact) mass is 270 g/mol. The van der Waals surface area contributed by atoms with Gasteiger partial charge < -0.3 is 5.84 Å². The van der Waals surface area contributed by atoms with Gasteiger partial charge in [0.2, 0.25) is 0 Å². The lowest BCUT2D eigenvalue weighted by Gasteiger charge is -2.01. The van der Waals surface area contributed by atoms with Crippen LogP contribution in [0.25, 0.3) is 11.4 Å². The molecule has 1 aromatic heterocycles. The molecule has 0 aliphatic carbocycles. The number of hydrogen-bond acceptors (Lipinski definition) is 6. The van der Waals surface area contributed by atoms with Crippen LogP contribution in [0.3, 0.4) is 0 Å². The van der Waals surface area contributed by atoms with Crippen LogP contribution in [0.4, 0.5) is 4.39 Å². The van der Waals surface area contributed by atoms with Gasteiger partial charge in [0.1, 0.15) is 5.82 Å². The topological polar surface area (TPSA) is 112 Å². The Morgan fingerprint density at radius 2 is 1.75 bits per heavy atom. The third-order valence-electron chi connectivity index (χ3n) is 2.04. The Kier molecular flexibility index (Phi) is 8.08. The summed E-state index contributed by atoms with van der Waals surface area (Å²) < 4.78 is 13.5. The SMILES string of the molecule is C#N.C#N.NN=Cc1ccc(-c2ncccn2)cc1F. The van der Waals surface area contributed by atoms with Crippen molar-refractivity contribution in [1.29, 1.82) is 10.5 Å². The molecule has 0 bridgehead atoms. The van der Waals surface area contributed by atoms with Crippen molar-refractivity contribution in [1.82, 2.24) is 9.97 Å². The van der Waals surface area contributed by atoms with Crippen LogP contribution in [0.5, 0.6) is 0 Å². The first kappa shape index (κ1) is 16.7. The number of hydrogen-bond donors (Lipinski definition) is 1. The van der Waals surface area contributed by atoms with Gasteiger partial charge in [-0.2, -0.15) is 5.10 Å². The molecule has 6 nitrogen and oxygen atoms in total. The van der Waals surface area contributed by atoms with E-state index in [0.29, 0.717) is 17.0 Å². The number of rotatable bonds is 2. The van der Waals surface area contributed by atoms with Crippen LogP contribution in [-0.2, 0) is 0 Å². The van der Waals surface area contributed by atoms with Crippen molar-refractivity contribution in [3.8, 4) is 24.5 Å². The first-order valence-electron chi connectivity index (χ1n) is 5.13. The second-order valence-corrected chi connectivity index (χ2v) is 3.09. The van der Waals surface area contributed by atoms with Crippen molar-refractivity contribution in [2.75, 3.05) is 0 Å². The molecule has 1 aromatic carbocycles. The molecule has 0 amide bonds. The van der Waals surface area contributed by atoms with Gasteiger partial charge in [-0.3, -0.25) is 0 Å². The summed E-state index contributed by atoms with van der Waals surface area (Å²) in [4.78, 5) is 8.06. The van der Waals surface area contributed by atoms with E-state index < -0.39 is 5.82 Å². The molecule has 0 radical (unpaired) electrons. The average molecular weight is 270 g/mol. The van der Waals surface area contributed by atoms with Crippen LogP contribution in [0, 0.1) is 29.5 Å². The molecule has 0 saturated heterocycles. The second-order valence-electron chi connectivity index (χ2n) is 3.09. The lowest BCUT2D eigenvalue weighted by atomic mass is 10.1. The Morgan fingerprint density at radius 3 is 2.25 bits per heavy atom. The fourth-order valence-corrected chi connectivity index (χ4v) is 1.30. The van der Waals surface area contributed by atoms with Crippen molar-refractivity contribution >= 4 is 6.21 Å². The highest BCUT2D eigenvalue weighted by Crippen LogP contribution is 2.17. The molecule has 0 fully saturated rings. The first-order chi connectivity index (χ1) is 9.81. The highest BCUT2D eigenvalue weighted by atomic mass is 19.1. The van der Waals surface area contributed by atoms with Gasteiger partial charge in [0.05, 0.1) is 6.21 Å². The van der Waals surface area contributed by atoms with Crippen molar-refractivity contribution < 1.29 is 4.39 Å². The first-order valence-corrected chi connectivity index (χ1v) is 5.13. The minimum atomic E-state index is -0.404. The number of halogens is 1. The van der Waals surface area contributed by atoms with Gasteiger partial charge in [0.15, 0.2) is 5.82 Å². The molecule has 2 rings (SSSR count). The van der Waals surface area contributed by atoms with E-state index in [9.17, 15) is 4.39 Å². The van der Waals surface area contributed by atoms with Gasteiger partial charge in [-0.05, 0) is 18.2 Å². The summed E-state index contributed by atoms with van der Waals surface area (Å²) in [6.45, 7) is 7.00. The van der Waals surface area contributed by atoms with E-state index in [1.807, 2.05) is 0 Å². The van der Waals surface area contributed by atoms with Crippen LogP contribution in [-0.4, -0.2) is 16.2 Å². The Labute approximate surface area is 115 Å². The summed E-state index contributed by atoms with van der Waals surface area (Å²) in [5.41, 5.74) is 0.953. The van der Waals surface area contributed by atoms with Gasteiger partial charge in [0, 0.05) is 36.7 Å². The number of benzene rings is 1. The predicted octanol–water partition coefficient (Wildman–Crippen LogP) is 1.85. The van der Waals surface area contributed by atoms with E-state index in [1.165, 1.54) is 12.3 Å². The summed E-state index contributed by atoms with van der Waals surface area (Å²) >= 11 is 0.